The zero-order valence-corrected chi connectivity index (χ0v) is 22.3. The van der Waals surface area contributed by atoms with Crippen molar-refractivity contribution in [3.05, 3.63) is 77.4 Å². The lowest BCUT2D eigenvalue weighted by Gasteiger charge is -2.35. The lowest BCUT2D eigenvalue weighted by molar-refractivity contribution is -0.126. The minimum atomic E-state index is -0.117. The number of aromatic hydroxyl groups is 1. The average Bonchev–Trinajstić information content (AvgIpc) is 2.95. The molecule has 0 atom stereocenters. The van der Waals surface area contributed by atoms with Gasteiger partial charge in [0.25, 0.3) is 5.91 Å². The highest BCUT2D eigenvalue weighted by Gasteiger charge is 2.26. The van der Waals surface area contributed by atoms with Gasteiger partial charge in [-0.2, -0.15) is 0 Å². The largest absolute Gasteiger partial charge is 0.504 e. The second-order valence-electron chi connectivity index (χ2n) is 8.96. The zero-order chi connectivity index (χ0) is 27.1. The second kappa shape index (κ2) is 12.4. The third kappa shape index (κ3) is 6.03. The molecule has 0 aliphatic carbocycles. The fraction of sp³-hybridized carbons (Fsp3) is 0.300. The fourth-order valence-corrected chi connectivity index (χ4v) is 4.59. The van der Waals surface area contributed by atoms with E-state index in [0.717, 1.165) is 19.6 Å². The summed E-state index contributed by atoms with van der Waals surface area (Å²) < 4.78 is 21.7. The average molecular weight is 519 g/mol. The number of benzene rings is 3. The summed E-state index contributed by atoms with van der Waals surface area (Å²) in [6.07, 6.45) is 1.76. The Kier molecular flexibility index (Phi) is 8.76. The number of phenols is 1. The maximum atomic E-state index is 14.0. The number of ether oxygens (including phenoxy) is 4. The number of nitrogens with zero attached hydrogens (tertiary/aromatic N) is 2. The topological polar surface area (TPSA) is 80.7 Å². The Balaban J connectivity index is 1.66. The van der Waals surface area contributed by atoms with Crippen molar-refractivity contribution < 1.29 is 28.8 Å². The predicted octanol–water partition coefficient (Wildman–Crippen LogP) is 4.31. The van der Waals surface area contributed by atoms with E-state index >= 15 is 0 Å². The van der Waals surface area contributed by atoms with Gasteiger partial charge in [-0.25, -0.2) is 0 Å². The lowest BCUT2D eigenvalue weighted by atomic mass is 9.99. The molecular weight excluding hydrogens is 484 g/mol. The van der Waals surface area contributed by atoms with E-state index in [4.69, 9.17) is 18.9 Å². The fourth-order valence-electron chi connectivity index (χ4n) is 4.59. The predicted molar refractivity (Wildman–Crippen MR) is 147 cm³/mol. The van der Waals surface area contributed by atoms with Crippen LogP contribution in [0.4, 0.5) is 0 Å². The molecule has 8 heteroatoms. The smallest absolute Gasteiger partial charge is 0.254 e. The Morgan fingerprint density at radius 1 is 0.816 bits per heavy atom. The van der Waals surface area contributed by atoms with Crippen molar-refractivity contribution in [2.24, 2.45) is 0 Å². The molecule has 0 spiro atoms. The van der Waals surface area contributed by atoms with Gasteiger partial charge in [-0.05, 0) is 47.0 Å². The molecule has 200 valence electrons. The molecule has 38 heavy (non-hydrogen) atoms. The van der Waals surface area contributed by atoms with Gasteiger partial charge in [0.05, 0.1) is 28.4 Å². The molecule has 1 heterocycles. The normalized spacial score (nSPS) is 14.2. The van der Waals surface area contributed by atoms with E-state index in [1.54, 1.807) is 50.6 Å². The molecule has 1 saturated heterocycles. The minimum Gasteiger partial charge on any atom is -0.504 e. The van der Waals surface area contributed by atoms with Crippen LogP contribution in [0.15, 0.2) is 60.7 Å². The Morgan fingerprint density at radius 3 is 2.00 bits per heavy atom. The van der Waals surface area contributed by atoms with Crippen LogP contribution in [0.1, 0.15) is 16.7 Å². The van der Waals surface area contributed by atoms with Crippen molar-refractivity contribution in [1.82, 2.24) is 9.80 Å². The van der Waals surface area contributed by atoms with Crippen LogP contribution in [-0.2, 0) is 11.3 Å². The van der Waals surface area contributed by atoms with Gasteiger partial charge in [-0.3, -0.25) is 9.69 Å². The van der Waals surface area contributed by atoms with Gasteiger partial charge in [0.1, 0.15) is 0 Å². The van der Waals surface area contributed by atoms with Crippen molar-refractivity contribution in [2.75, 3.05) is 54.6 Å². The molecule has 0 bridgehead atoms. The number of methoxy groups -OCH3 is 4. The van der Waals surface area contributed by atoms with Gasteiger partial charge in [0, 0.05) is 38.3 Å². The van der Waals surface area contributed by atoms with Crippen LogP contribution in [0.25, 0.3) is 11.6 Å². The molecule has 1 aliphatic heterocycles. The molecule has 0 aromatic heterocycles. The highest BCUT2D eigenvalue weighted by atomic mass is 16.5. The van der Waals surface area contributed by atoms with Gasteiger partial charge in [0.2, 0.25) is 5.75 Å². The molecule has 1 fully saturated rings. The van der Waals surface area contributed by atoms with Crippen LogP contribution < -0.4 is 18.9 Å². The van der Waals surface area contributed by atoms with Gasteiger partial charge in [0.15, 0.2) is 23.0 Å². The molecule has 3 aromatic rings. The van der Waals surface area contributed by atoms with Crippen LogP contribution in [0, 0.1) is 0 Å². The van der Waals surface area contributed by atoms with Gasteiger partial charge in [-0.15, -0.1) is 0 Å². The zero-order valence-electron chi connectivity index (χ0n) is 22.3. The highest BCUT2D eigenvalue weighted by Crippen LogP contribution is 2.41. The number of hydrogen-bond donors (Lipinski definition) is 1. The molecule has 1 N–H and O–H groups in total. The number of carbonyl (C=O) groups excluding carboxylic acids is 1. The van der Waals surface area contributed by atoms with Crippen LogP contribution in [0.2, 0.25) is 0 Å². The van der Waals surface area contributed by atoms with Gasteiger partial charge in [-0.1, -0.05) is 36.4 Å². The summed E-state index contributed by atoms with van der Waals surface area (Å²) in [6, 6.07) is 18.9. The minimum absolute atomic E-state index is 0.00697. The van der Waals surface area contributed by atoms with Crippen molar-refractivity contribution in [2.45, 2.75) is 6.54 Å². The van der Waals surface area contributed by atoms with E-state index in [-0.39, 0.29) is 11.7 Å². The van der Waals surface area contributed by atoms with E-state index in [1.165, 1.54) is 19.8 Å². The van der Waals surface area contributed by atoms with Crippen molar-refractivity contribution in [3.63, 3.8) is 0 Å². The monoisotopic (exact) mass is 518 g/mol. The number of amides is 1. The van der Waals surface area contributed by atoms with Crippen LogP contribution in [0.3, 0.4) is 0 Å². The summed E-state index contributed by atoms with van der Waals surface area (Å²) in [5.74, 6) is 1.58. The molecule has 1 amide bonds. The Hall–Kier alpha value is -4.17. The number of piperazine rings is 1. The second-order valence-corrected chi connectivity index (χ2v) is 8.96. The van der Waals surface area contributed by atoms with Crippen molar-refractivity contribution >= 4 is 17.6 Å². The first kappa shape index (κ1) is 26.9. The Morgan fingerprint density at radius 2 is 1.45 bits per heavy atom. The maximum absolute atomic E-state index is 14.0. The van der Waals surface area contributed by atoms with E-state index in [1.807, 2.05) is 23.1 Å². The first-order chi connectivity index (χ1) is 18.5. The lowest BCUT2D eigenvalue weighted by Crippen LogP contribution is -2.48. The summed E-state index contributed by atoms with van der Waals surface area (Å²) in [5, 5.41) is 10.3. The molecule has 4 rings (SSSR count). The number of rotatable bonds is 9. The third-order valence-electron chi connectivity index (χ3n) is 6.63. The Bertz CT molecular complexity index is 1260. The molecule has 0 unspecified atom stereocenters. The highest BCUT2D eigenvalue weighted by molar-refractivity contribution is 6.24. The van der Waals surface area contributed by atoms with Gasteiger partial charge >= 0.3 is 0 Å². The molecule has 0 radical (unpaired) electrons. The van der Waals surface area contributed by atoms with Gasteiger partial charge < -0.3 is 29.0 Å². The van der Waals surface area contributed by atoms with Crippen molar-refractivity contribution in [3.8, 4) is 28.7 Å². The quantitative estimate of drug-likeness (QED) is 0.334. The van der Waals surface area contributed by atoms with E-state index in [0.29, 0.717) is 52.8 Å². The summed E-state index contributed by atoms with van der Waals surface area (Å²) in [6.45, 7) is 3.59. The summed E-state index contributed by atoms with van der Waals surface area (Å²) in [4.78, 5) is 18.2. The Labute approximate surface area is 223 Å². The molecule has 0 saturated carbocycles. The first-order valence-electron chi connectivity index (χ1n) is 12.4. The molecule has 1 aliphatic rings. The summed E-state index contributed by atoms with van der Waals surface area (Å²) in [7, 11) is 6.11. The summed E-state index contributed by atoms with van der Waals surface area (Å²) >= 11 is 0. The molecule has 3 aromatic carbocycles. The van der Waals surface area contributed by atoms with Crippen LogP contribution >= 0.6 is 0 Å². The SMILES string of the molecule is COc1ccc(/C=C(/C(=O)N2CCN(Cc3ccccc3)CC2)c2cc(OC)c(OC)c(OC)c2)cc1O. The molecule has 8 nitrogen and oxygen atoms in total. The van der Waals surface area contributed by atoms with E-state index < -0.39 is 0 Å². The van der Waals surface area contributed by atoms with E-state index in [2.05, 4.69) is 17.0 Å². The van der Waals surface area contributed by atoms with E-state index in [9.17, 15) is 9.90 Å². The van der Waals surface area contributed by atoms with Crippen molar-refractivity contribution in [1.29, 1.82) is 0 Å². The maximum Gasteiger partial charge on any atom is 0.254 e. The standard InChI is InChI=1S/C30H34N2O6/c1-35-26-11-10-22(17-25(26)33)16-24(23-18-27(36-2)29(38-4)28(19-23)37-3)30(34)32-14-12-31(13-15-32)20-21-8-6-5-7-9-21/h5-11,16-19,33H,12-15,20H2,1-4H3/b24-16+. The number of phenolic OH excluding ortho intramolecular Hbond substituents is 1. The third-order valence-corrected chi connectivity index (χ3v) is 6.63. The first-order valence-corrected chi connectivity index (χ1v) is 12.4. The number of hydrogen-bond acceptors (Lipinski definition) is 7. The molecular formula is C30H34N2O6. The number of carbonyl (C=O) groups is 1. The van der Waals surface area contributed by atoms with Crippen LogP contribution in [-0.4, -0.2) is 75.4 Å². The summed E-state index contributed by atoms with van der Waals surface area (Å²) in [5.41, 5.74) is 2.98. The van der Waals surface area contributed by atoms with Crippen LogP contribution in [0.5, 0.6) is 28.7 Å².